The molecule has 34 heavy (non-hydrogen) atoms. The Balaban J connectivity index is 1.75. The van der Waals surface area contributed by atoms with E-state index in [-0.39, 0.29) is 17.4 Å². The predicted octanol–water partition coefficient (Wildman–Crippen LogP) is 2.14. The van der Waals surface area contributed by atoms with Crippen LogP contribution in [0.15, 0.2) is 23.0 Å². The van der Waals surface area contributed by atoms with Gasteiger partial charge in [0.1, 0.15) is 6.04 Å². The molecule has 1 atom stereocenters. The van der Waals surface area contributed by atoms with Gasteiger partial charge in [-0.1, -0.05) is 11.6 Å². The minimum Gasteiger partial charge on any atom is -0.466 e. The zero-order valence-corrected chi connectivity index (χ0v) is 20.2. The quantitative estimate of drug-likeness (QED) is 0.500. The zero-order chi connectivity index (χ0) is 24.2. The number of aromatic nitrogens is 5. The van der Waals surface area contributed by atoms with Crippen molar-refractivity contribution in [2.24, 2.45) is 5.92 Å². The minimum atomic E-state index is -0.455. The molecule has 1 aliphatic heterocycles. The van der Waals surface area contributed by atoms with Crippen molar-refractivity contribution in [3.63, 3.8) is 0 Å². The molecule has 4 rings (SSSR count). The van der Waals surface area contributed by atoms with Crippen LogP contribution in [-0.4, -0.2) is 69.5 Å². The molecular weight excluding hydrogens is 436 g/mol. The molecule has 0 spiro atoms. The van der Waals surface area contributed by atoms with Crippen LogP contribution >= 0.6 is 0 Å². The number of rotatable bonds is 8. The number of aryl methyl sites for hydroxylation is 2. The molecule has 1 N–H and O–H groups in total. The third kappa shape index (κ3) is 4.88. The van der Waals surface area contributed by atoms with Gasteiger partial charge in [-0.15, -0.1) is 5.10 Å². The van der Waals surface area contributed by atoms with E-state index in [4.69, 9.17) is 9.47 Å². The summed E-state index contributed by atoms with van der Waals surface area (Å²) in [6.07, 6.45) is 1.30. The van der Waals surface area contributed by atoms with Crippen LogP contribution in [0.2, 0.25) is 0 Å². The summed E-state index contributed by atoms with van der Waals surface area (Å²) >= 11 is 0. The molecule has 0 saturated carbocycles. The summed E-state index contributed by atoms with van der Waals surface area (Å²) in [5, 5.41) is 13.3. The Morgan fingerprint density at radius 2 is 2.00 bits per heavy atom. The van der Waals surface area contributed by atoms with Gasteiger partial charge in [0.25, 0.3) is 5.56 Å². The van der Waals surface area contributed by atoms with Crippen molar-refractivity contribution in [3.05, 3.63) is 51.1 Å². The molecule has 1 fully saturated rings. The molecule has 1 aliphatic rings. The van der Waals surface area contributed by atoms with Crippen molar-refractivity contribution in [1.29, 1.82) is 0 Å². The van der Waals surface area contributed by atoms with E-state index in [9.17, 15) is 9.59 Å². The van der Waals surface area contributed by atoms with Gasteiger partial charge in [-0.05, 0) is 67.1 Å². The van der Waals surface area contributed by atoms with Crippen LogP contribution in [0.4, 0.5) is 0 Å². The molecular formula is C24H32N6O4. The number of H-pyrrole nitrogens is 1. The number of hydrogen-bond acceptors (Lipinski definition) is 8. The number of ether oxygens (including phenoxy) is 2. The van der Waals surface area contributed by atoms with Gasteiger partial charge >= 0.3 is 5.97 Å². The minimum absolute atomic E-state index is 0.137. The molecule has 182 valence electrons. The summed E-state index contributed by atoms with van der Waals surface area (Å²) in [5.74, 6) is 0.292. The number of tetrazole rings is 1. The zero-order valence-electron chi connectivity index (χ0n) is 20.2. The standard InChI is InChI=1S/C24H32N6O4/c1-5-34-24(32)17-6-8-29(9-7-17)21(22-26-27-28-30(22)10-11-33-4)19-14-18-13-15(2)12-16(3)20(18)25-23(19)31/h12-14,17,21H,5-11H2,1-4H3,(H,25,31). The first kappa shape index (κ1) is 24.0. The van der Waals surface area contributed by atoms with Crippen LogP contribution in [0.5, 0.6) is 0 Å². The van der Waals surface area contributed by atoms with E-state index in [2.05, 4.69) is 37.5 Å². The molecule has 2 aromatic heterocycles. The summed E-state index contributed by atoms with van der Waals surface area (Å²) < 4.78 is 12.1. The van der Waals surface area contributed by atoms with Gasteiger partial charge in [-0.25, -0.2) is 4.68 Å². The lowest BCUT2D eigenvalue weighted by atomic mass is 9.93. The number of nitrogens with one attached hydrogen (secondary N) is 1. The second kappa shape index (κ2) is 10.4. The summed E-state index contributed by atoms with van der Waals surface area (Å²) in [4.78, 5) is 30.9. The molecule has 3 heterocycles. The predicted molar refractivity (Wildman–Crippen MR) is 127 cm³/mol. The summed E-state index contributed by atoms with van der Waals surface area (Å²) in [5.41, 5.74) is 3.40. The first-order chi connectivity index (χ1) is 16.4. The van der Waals surface area contributed by atoms with Crippen molar-refractivity contribution in [1.82, 2.24) is 30.1 Å². The summed E-state index contributed by atoms with van der Waals surface area (Å²) in [6, 6.07) is 5.62. The molecule has 10 nitrogen and oxygen atoms in total. The van der Waals surface area contributed by atoms with E-state index in [1.54, 1.807) is 11.8 Å². The normalized spacial score (nSPS) is 16.1. The van der Waals surface area contributed by atoms with Gasteiger partial charge in [0.05, 0.1) is 31.2 Å². The van der Waals surface area contributed by atoms with E-state index >= 15 is 0 Å². The molecule has 1 saturated heterocycles. The Kier molecular flexibility index (Phi) is 7.38. The number of aromatic amines is 1. The number of fused-ring (bicyclic) bond motifs is 1. The number of hydrogen-bond donors (Lipinski definition) is 1. The number of likely N-dealkylation sites (tertiary alicyclic amines) is 1. The molecule has 0 bridgehead atoms. The van der Waals surface area contributed by atoms with E-state index in [0.717, 1.165) is 22.0 Å². The van der Waals surface area contributed by atoms with Crippen LogP contribution in [-0.2, 0) is 20.8 Å². The van der Waals surface area contributed by atoms with Gasteiger partial charge < -0.3 is 14.5 Å². The third-order valence-corrected chi connectivity index (χ3v) is 6.44. The second-order valence-electron chi connectivity index (χ2n) is 8.82. The number of nitrogens with zero attached hydrogens (tertiary/aromatic N) is 5. The Morgan fingerprint density at radius 3 is 2.71 bits per heavy atom. The maximum Gasteiger partial charge on any atom is 0.309 e. The SMILES string of the molecule is CCOC(=O)C1CCN(C(c2cc3cc(C)cc(C)c3[nH]c2=O)c2nnnn2CCOC)CC1. The number of esters is 1. The number of pyridine rings is 1. The maximum absolute atomic E-state index is 13.4. The van der Waals surface area contributed by atoms with Gasteiger partial charge in [0.2, 0.25) is 0 Å². The van der Waals surface area contributed by atoms with Crippen LogP contribution < -0.4 is 5.56 Å². The Labute approximate surface area is 198 Å². The lowest BCUT2D eigenvalue weighted by molar-refractivity contribution is -0.149. The highest BCUT2D eigenvalue weighted by molar-refractivity contribution is 5.83. The van der Waals surface area contributed by atoms with Crippen molar-refractivity contribution in [2.45, 2.75) is 46.2 Å². The van der Waals surface area contributed by atoms with Crippen molar-refractivity contribution in [2.75, 3.05) is 33.4 Å². The van der Waals surface area contributed by atoms with E-state index in [0.29, 0.717) is 57.1 Å². The molecule has 3 aromatic rings. The van der Waals surface area contributed by atoms with Gasteiger partial charge in [0.15, 0.2) is 5.82 Å². The summed E-state index contributed by atoms with van der Waals surface area (Å²) in [7, 11) is 1.63. The highest BCUT2D eigenvalue weighted by Gasteiger charge is 2.35. The molecule has 0 amide bonds. The molecule has 1 aromatic carbocycles. The number of methoxy groups -OCH3 is 1. The first-order valence-corrected chi connectivity index (χ1v) is 11.7. The van der Waals surface area contributed by atoms with Crippen LogP contribution in [0.3, 0.4) is 0 Å². The number of carbonyl (C=O) groups excluding carboxylic acids is 1. The molecule has 1 unspecified atom stereocenters. The molecule has 0 aliphatic carbocycles. The summed E-state index contributed by atoms with van der Waals surface area (Å²) in [6.45, 7) is 8.39. The lowest BCUT2D eigenvalue weighted by Gasteiger charge is -2.36. The van der Waals surface area contributed by atoms with E-state index < -0.39 is 6.04 Å². The van der Waals surface area contributed by atoms with Crippen LogP contribution in [0, 0.1) is 19.8 Å². The number of benzene rings is 1. The van der Waals surface area contributed by atoms with Crippen LogP contribution in [0.1, 0.15) is 48.3 Å². The van der Waals surface area contributed by atoms with Crippen molar-refractivity contribution < 1.29 is 14.3 Å². The van der Waals surface area contributed by atoms with Gasteiger partial charge in [-0.3, -0.25) is 14.5 Å². The first-order valence-electron chi connectivity index (χ1n) is 11.7. The monoisotopic (exact) mass is 468 g/mol. The van der Waals surface area contributed by atoms with Crippen molar-refractivity contribution >= 4 is 16.9 Å². The largest absolute Gasteiger partial charge is 0.466 e. The fourth-order valence-electron chi connectivity index (χ4n) is 4.80. The Bertz CT molecular complexity index is 1210. The van der Waals surface area contributed by atoms with Gasteiger partial charge in [0, 0.05) is 25.8 Å². The van der Waals surface area contributed by atoms with Crippen molar-refractivity contribution in [3.8, 4) is 0 Å². The highest BCUT2D eigenvalue weighted by atomic mass is 16.5. The fraction of sp³-hybridized carbons (Fsp3) is 0.542. The fourth-order valence-corrected chi connectivity index (χ4v) is 4.80. The topological polar surface area (TPSA) is 115 Å². The third-order valence-electron chi connectivity index (χ3n) is 6.44. The second-order valence-corrected chi connectivity index (χ2v) is 8.82. The number of carbonyl (C=O) groups is 1. The molecule has 0 radical (unpaired) electrons. The molecule has 10 heteroatoms. The van der Waals surface area contributed by atoms with E-state index in [1.807, 2.05) is 26.8 Å². The highest BCUT2D eigenvalue weighted by Crippen LogP contribution is 2.31. The Hall–Kier alpha value is -3.11. The average molecular weight is 469 g/mol. The lowest BCUT2D eigenvalue weighted by Crippen LogP contribution is -2.42. The van der Waals surface area contributed by atoms with Gasteiger partial charge in [-0.2, -0.15) is 0 Å². The van der Waals surface area contributed by atoms with Crippen LogP contribution in [0.25, 0.3) is 10.9 Å². The van der Waals surface area contributed by atoms with E-state index in [1.165, 1.54) is 0 Å². The Morgan fingerprint density at radius 1 is 1.24 bits per heavy atom. The smallest absolute Gasteiger partial charge is 0.309 e. The maximum atomic E-state index is 13.4. The number of piperidine rings is 1. The average Bonchev–Trinajstić information content (AvgIpc) is 3.27.